The molecule has 5 rings (SSSR count). The molecule has 4 bridgehead atoms. The number of hydrogen-bond donors (Lipinski definition) is 1. The smallest absolute Gasteiger partial charge is 0.460 e. The monoisotopic (exact) mass is 511 g/mol. The van der Waals surface area contributed by atoms with E-state index in [2.05, 4.69) is 14.2 Å². The number of carbonyl (C=O) groups is 1. The summed E-state index contributed by atoms with van der Waals surface area (Å²) in [5, 5.41) is 7.78. The summed E-state index contributed by atoms with van der Waals surface area (Å²) in [6.45, 7) is -0.534. The number of aliphatic hydroxyl groups is 1. The van der Waals surface area contributed by atoms with Gasteiger partial charge < -0.3 is 9.84 Å². The lowest BCUT2D eigenvalue weighted by molar-refractivity contribution is -0.193. The molecule has 0 heterocycles. The van der Waals surface area contributed by atoms with Crippen LogP contribution in [0.15, 0.2) is 35.5 Å². The summed E-state index contributed by atoms with van der Waals surface area (Å²) in [6, 6.07) is 5.61. The number of carbonyl (C=O) groups excluding carboxylic acids is 1. The highest BCUT2D eigenvalue weighted by Gasteiger charge is 2.60. The quantitative estimate of drug-likeness (QED) is 0.259. The Hall–Kier alpha value is -2.28. The number of ether oxygens (including phenoxy) is 1. The Balaban J connectivity index is 1.47. The summed E-state index contributed by atoms with van der Waals surface area (Å²) < 4.78 is 101. The topological polar surface area (TPSA) is 102 Å². The van der Waals surface area contributed by atoms with Crippen LogP contribution >= 0.6 is 0 Å². The third-order valence-corrected chi connectivity index (χ3v) is 7.82. The predicted molar refractivity (Wildman–Crippen MR) is 107 cm³/mol. The van der Waals surface area contributed by atoms with Crippen molar-refractivity contribution in [2.24, 2.45) is 22.4 Å². The van der Waals surface area contributed by atoms with Crippen molar-refractivity contribution in [2.75, 3.05) is 6.61 Å². The van der Waals surface area contributed by atoms with Crippen molar-refractivity contribution >= 4 is 21.8 Å². The molecule has 13 heteroatoms. The van der Waals surface area contributed by atoms with E-state index in [-0.39, 0.29) is 18.3 Å². The maximum Gasteiger partial charge on any atom is 0.478 e. The molecular weight excluding hydrogens is 489 g/mol. The van der Waals surface area contributed by atoms with Gasteiger partial charge in [0.25, 0.3) is 0 Å². The molecule has 1 N–H and O–H groups in total. The molecule has 0 saturated heterocycles. The van der Waals surface area contributed by atoms with Crippen molar-refractivity contribution in [3.8, 4) is 0 Å². The van der Waals surface area contributed by atoms with Gasteiger partial charge in [-0.15, -0.1) is 0 Å². The van der Waals surface area contributed by atoms with E-state index < -0.39 is 56.4 Å². The fourth-order valence-electron chi connectivity index (χ4n) is 5.97. The normalized spacial score (nSPS) is 31.4. The molecule has 2 atom stereocenters. The lowest BCUT2D eigenvalue weighted by atomic mass is 9.48. The maximum absolute atomic E-state index is 14.4. The van der Waals surface area contributed by atoms with Crippen LogP contribution in [0.1, 0.15) is 44.1 Å². The van der Waals surface area contributed by atoms with Crippen LogP contribution in [0.25, 0.3) is 0 Å². The number of hydrogen-bond acceptors (Lipinski definition) is 7. The number of benzene rings is 1. The molecule has 0 aliphatic heterocycles. The van der Waals surface area contributed by atoms with Crippen LogP contribution in [0.3, 0.4) is 0 Å². The van der Waals surface area contributed by atoms with Crippen LogP contribution in [0, 0.1) is 17.3 Å². The van der Waals surface area contributed by atoms with E-state index in [1.54, 1.807) is 0 Å². The Kier molecular flexibility index (Phi) is 5.95. The Labute approximate surface area is 192 Å². The second-order valence-corrected chi connectivity index (χ2v) is 11.2. The van der Waals surface area contributed by atoms with Gasteiger partial charge in [0.1, 0.15) is 0 Å². The zero-order valence-corrected chi connectivity index (χ0v) is 18.5. The van der Waals surface area contributed by atoms with E-state index in [9.17, 15) is 40.3 Å². The maximum atomic E-state index is 14.4. The first-order valence-corrected chi connectivity index (χ1v) is 12.0. The van der Waals surface area contributed by atoms with E-state index in [0.717, 1.165) is 18.6 Å². The van der Waals surface area contributed by atoms with Crippen LogP contribution in [0.5, 0.6) is 0 Å². The van der Waals surface area contributed by atoms with Gasteiger partial charge in [0.05, 0.1) is 12.2 Å². The van der Waals surface area contributed by atoms with Crippen molar-refractivity contribution in [1.29, 1.82) is 0 Å². The largest absolute Gasteiger partial charge is 0.478 e. The van der Waals surface area contributed by atoms with E-state index in [1.807, 2.05) is 0 Å². The predicted octanol–water partition coefficient (Wildman–Crippen LogP) is 3.77. The second kappa shape index (κ2) is 8.14. The fourth-order valence-corrected chi connectivity index (χ4v) is 6.50. The molecule has 4 saturated carbocycles. The van der Waals surface area contributed by atoms with Gasteiger partial charge in [-0.05, 0) is 50.4 Å². The number of alkyl halides is 5. The minimum atomic E-state index is -6.26. The van der Waals surface area contributed by atoms with Crippen LogP contribution in [-0.2, 0) is 23.9 Å². The molecule has 34 heavy (non-hydrogen) atoms. The number of rotatable bonds is 7. The Morgan fingerprint density at radius 2 is 1.65 bits per heavy atom. The summed E-state index contributed by atoms with van der Waals surface area (Å²) in [4.78, 5) is 12.0. The van der Waals surface area contributed by atoms with Gasteiger partial charge in [-0.2, -0.15) is 30.4 Å². The molecule has 0 spiro atoms. The third-order valence-electron chi connectivity index (χ3n) is 6.75. The molecule has 7 nitrogen and oxygen atoms in total. The summed E-state index contributed by atoms with van der Waals surface area (Å²) in [5.41, 5.74) is -4.21. The minimum Gasteiger partial charge on any atom is -0.460 e. The molecule has 2 unspecified atom stereocenters. The Bertz CT molecular complexity index is 1070. The molecular formula is C21H22F5NO6S. The van der Waals surface area contributed by atoms with Gasteiger partial charge in [-0.1, -0.05) is 35.5 Å². The lowest BCUT2D eigenvalue weighted by Gasteiger charge is -2.59. The zero-order valence-electron chi connectivity index (χ0n) is 17.7. The highest BCUT2D eigenvalue weighted by Crippen LogP contribution is 2.61. The van der Waals surface area contributed by atoms with E-state index in [0.29, 0.717) is 25.7 Å². The highest BCUT2D eigenvalue weighted by molar-refractivity contribution is 7.88. The van der Waals surface area contributed by atoms with Crippen molar-refractivity contribution in [3.05, 3.63) is 35.9 Å². The summed E-state index contributed by atoms with van der Waals surface area (Å²) in [5.74, 6) is -2.16. The van der Waals surface area contributed by atoms with E-state index >= 15 is 0 Å². The average molecular weight is 511 g/mol. The van der Waals surface area contributed by atoms with Crippen LogP contribution < -0.4 is 0 Å². The second-order valence-electron chi connectivity index (χ2n) is 9.61. The standard InChI is InChI=1S/C21H22F5NO6S/c22-20(23,24)16(15-4-2-1-3-5-15)27-33-34(30,31)21(25,26)17(28)32-12-18-7-13-6-14(8-18)10-19(29,9-13)11-18/h1-5,13-14,29H,6-12H2/b27-16-. The number of esters is 1. The van der Waals surface area contributed by atoms with Gasteiger partial charge in [0.2, 0.25) is 0 Å². The van der Waals surface area contributed by atoms with Crippen molar-refractivity contribution in [1.82, 2.24) is 0 Å². The molecule has 0 radical (unpaired) electrons. The summed E-state index contributed by atoms with van der Waals surface area (Å²) >= 11 is 0. The summed E-state index contributed by atoms with van der Waals surface area (Å²) in [6.07, 6.45) is -1.85. The van der Waals surface area contributed by atoms with E-state index in [4.69, 9.17) is 0 Å². The van der Waals surface area contributed by atoms with Crippen molar-refractivity contribution in [2.45, 2.75) is 55.6 Å². The first-order chi connectivity index (χ1) is 15.6. The Morgan fingerprint density at radius 3 is 2.18 bits per heavy atom. The van der Waals surface area contributed by atoms with Gasteiger partial charge in [-0.25, -0.2) is 4.79 Å². The molecule has 4 aliphatic rings. The van der Waals surface area contributed by atoms with Crippen LogP contribution in [0.4, 0.5) is 22.0 Å². The van der Waals surface area contributed by atoms with Gasteiger partial charge in [-0.3, -0.25) is 4.28 Å². The lowest BCUT2D eigenvalue weighted by Crippen LogP contribution is -2.57. The molecule has 1 aromatic rings. The molecule has 0 aromatic heterocycles. The van der Waals surface area contributed by atoms with Gasteiger partial charge in [0, 0.05) is 11.0 Å². The number of oxime groups is 1. The molecule has 188 valence electrons. The zero-order chi connectivity index (χ0) is 25.0. The summed E-state index contributed by atoms with van der Waals surface area (Å²) in [7, 11) is -6.26. The van der Waals surface area contributed by atoms with Crippen molar-refractivity contribution in [3.63, 3.8) is 0 Å². The molecule has 0 amide bonds. The SMILES string of the molecule is O=C(OCC12CC3CC(CC(O)(C3)C1)C2)C(F)(F)S(=O)(=O)O/N=C(/c1ccccc1)C(F)(F)F. The fraction of sp³-hybridized carbons (Fsp3) is 0.619. The Morgan fingerprint density at radius 1 is 1.06 bits per heavy atom. The van der Waals surface area contributed by atoms with Gasteiger partial charge in [0.15, 0.2) is 5.71 Å². The molecule has 1 aromatic carbocycles. The first kappa shape index (κ1) is 24.8. The van der Waals surface area contributed by atoms with Gasteiger partial charge >= 0.3 is 27.5 Å². The average Bonchev–Trinajstić information content (AvgIpc) is 2.70. The minimum absolute atomic E-state index is 0.158. The first-order valence-electron chi connectivity index (χ1n) is 10.6. The third kappa shape index (κ3) is 4.64. The number of halogens is 5. The van der Waals surface area contributed by atoms with E-state index in [1.165, 1.54) is 18.2 Å². The van der Waals surface area contributed by atoms with Crippen LogP contribution in [0.2, 0.25) is 0 Å². The molecule has 4 fully saturated rings. The van der Waals surface area contributed by atoms with Crippen molar-refractivity contribution < 1.29 is 49.3 Å². The molecule has 4 aliphatic carbocycles. The number of nitrogens with zero attached hydrogens (tertiary/aromatic N) is 1. The highest BCUT2D eigenvalue weighted by atomic mass is 32.2. The van der Waals surface area contributed by atoms with Crippen LogP contribution in [-0.4, -0.2) is 48.8 Å².